The molecule has 0 heterocycles. The number of ketones is 2. The zero-order valence-corrected chi connectivity index (χ0v) is 26.7. The van der Waals surface area contributed by atoms with Crippen LogP contribution in [0.15, 0.2) is 23.3 Å². The molecule has 0 unspecified atom stereocenters. The molecule has 3 saturated carbocycles. The predicted octanol–water partition coefficient (Wildman–Crippen LogP) is 4.46. The van der Waals surface area contributed by atoms with Crippen LogP contribution in [-0.4, -0.2) is 48.6 Å². The van der Waals surface area contributed by atoms with Crippen LogP contribution in [0, 0.1) is 55.7 Å². The van der Waals surface area contributed by atoms with Crippen molar-refractivity contribution in [2.24, 2.45) is 49.5 Å². The Morgan fingerprint density at radius 2 is 1.63 bits per heavy atom. The molecule has 0 amide bonds. The van der Waals surface area contributed by atoms with Gasteiger partial charge < -0.3 is 5.11 Å². The second-order valence-electron chi connectivity index (χ2n) is 16.0. The average molecular weight is 586 g/mol. The summed E-state index contributed by atoms with van der Waals surface area (Å²) in [5.41, 5.74) is -4.01. The van der Waals surface area contributed by atoms with Gasteiger partial charge in [-0.25, -0.2) is 5.14 Å². The second kappa shape index (κ2) is 8.62. The lowest BCUT2D eigenvalue weighted by Gasteiger charge is -2.71. The summed E-state index contributed by atoms with van der Waals surface area (Å²) in [6, 6.07) is 2.13. The molecular formula is C32H47N3O5S. The van der Waals surface area contributed by atoms with Crippen LogP contribution in [0.3, 0.4) is 0 Å². The van der Waals surface area contributed by atoms with Crippen molar-refractivity contribution in [1.82, 2.24) is 4.31 Å². The number of nitriles is 1. The molecule has 0 aromatic heterocycles. The van der Waals surface area contributed by atoms with Gasteiger partial charge in [-0.3, -0.25) is 9.59 Å². The first-order chi connectivity index (χ1) is 18.6. The van der Waals surface area contributed by atoms with Crippen LogP contribution in [0.1, 0.15) is 93.4 Å². The Hall–Kier alpha value is -1.86. The summed E-state index contributed by atoms with van der Waals surface area (Å²) in [7, 11) is -2.39. The van der Waals surface area contributed by atoms with E-state index in [9.17, 15) is 28.4 Å². The van der Waals surface area contributed by atoms with Crippen LogP contribution < -0.4 is 5.14 Å². The molecule has 9 heteroatoms. The molecule has 8 atom stereocenters. The molecule has 0 spiro atoms. The van der Waals surface area contributed by atoms with Gasteiger partial charge in [-0.1, -0.05) is 54.5 Å². The third-order valence-corrected chi connectivity index (χ3v) is 14.4. The SMILES string of the molecule is CN(C[C@@]1(C)CC[C@]2(C)CC[C@@]3(C)[C@]4(C)CC[C@H]5C(C)(C)C(=O)C(C#N)=C[C@]5(C)C4=CC(=O)[C@]3(O)[C@@H]2C1)S(N)(=O)=O. The summed E-state index contributed by atoms with van der Waals surface area (Å²) in [6.45, 7) is 14.6. The third-order valence-electron chi connectivity index (χ3n) is 13.4. The fourth-order valence-corrected chi connectivity index (χ4v) is 11.1. The zero-order valence-electron chi connectivity index (χ0n) is 25.9. The van der Waals surface area contributed by atoms with E-state index in [1.54, 1.807) is 6.08 Å². The highest BCUT2D eigenvalue weighted by Gasteiger charge is 2.75. The molecule has 5 aliphatic rings. The minimum atomic E-state index is -3.87. The second-order valence-corrected chi connectivity index (χ2v) is 17.6. The van der Waals surface area contributed by atoms with Gasteiger partial charge in [-0.05, 0) is 78.8 Å². The van der Waals surface area contributed by atoms with Gasteiger partial charge in [0.2, 0.25) is 0 Å². The summed E-state index contributed by atoms with van der Waals surface area (Å²) >= 11 is 0. The van der Waals surface area contributed by atoms with E-state index < -0.39 is 42.9 Å². The monoisotopic (exact) mass is 585 g/mol. The molecule has 0 aliphatic heterocycles. The van der Waals surface area contributed by atoms with Gasteiger partial charge >= 0.3 is 0 Å². The Balaban J connectivity index is 1.66. The van der Waals surface area contributed by atoms with Crippen LogP contribution in [0.25, 0.3) is 0 Å². The van der Waals surface area contributed by atoms with Crippen molar-refractivity contribution >= 4 is 21.8 Å². The molecule has 8 nitrogen and oxygen atoms in total. The highest BCUT2D eigenvalue weighted by atomic mass is 32.2. The van der Waals surface area contributed by atoms with E-state index >= 15 is 0 Å². The lowest BCUT2D eigenvalue weighted by Crippen LogP contribution is -2.74. The Labute approximate surface area is 245 Å². The number of rotatable bonds is 3. The van der Waals surface area contributed by atoms with Crippen LogP contribution in [0.5, 0.6) is 0 Å². The summed E-state index contributed by atoms with van der Waals surface area (Å²) in [5.74, 6) is -0.863. The summed E-state index contributed by atoms with van der Waals surface area (Å²) < 4.78 is 25.4. The number of Topliss-reactive ketones (excluding diaryl/α,β-unsaturated/α-hetero) is 1. The Morgan fingerprint density at radius 1 is 1.02 bits per heavy atom. The van der Waals surface area contributed by atoms with E-state index in [1.165, 1.54) is 11.4 Å². The number of carbonyl (C=O) groups excluding carboxylic acids is 2. The quantitative estimate of drug-likeness (QED) is 0.501. The van der Waals surface area contributed by atoms with Gasteiger partial charge in [0.1, 0.15) is 11.7 Å². The molecular weight excluding hydrogens is 538 g/mol. The molecule has 0 aromatic rings. The lowest BCUT2D eigenvalue weighted by molar-refractivity contribution is -0.243. The van der Waals surface area contributed by atoms with E-state index in [0.29, 0.717) is 12.8 Å². The summed E-state index contributed by atoms with van der Waals surface area (Å²) in [4.78, 5) is 27.8. The van der Waals surface area contributed by atoms with Crippen LogP contribution in [0.2, 0.25) is 0 Å². The highest BCUT2D eigenvalue weighted by Crippen LogP contribution is 2.75. The fraction of sp³-hybridized carbons (Fsp3) is 0.781. The first-order valence-corrected chi connectivity index (χ1v) is 16.5. The Bertz CT molecular complexity index is 1440. The number of fused-ring (bicyclic) bond motifs is 7. The Kier molecular flexibility index (Phi) is 6.43. The Morgan fingerprint density at radius 3 is 2.22 bits per heavy atom. The maximum atomic E-state index is 14.5. The third kappa shape index (κ3) is 3.76. The van der Waals surface area contributed by atoms with Crippen LogP contribution in [0.4, 0.5) is 0 Å². The van der Waals surface area contributed by atoms with Crippen molar-refractivity contribution in [3.05, 3.63) is 23.3 Å². The van der Waals surface area contributed by atoms with Gasteiger partial charge in [0, 0.05) is 35.8 Å². The number of nitrogens with zero attached hydrogens (tertiary/aromatic N) is 2. The standard InChI is InChI=1S/C32H47N3O5S/c1-26(2)21-9-10-30(6)22(29(21,5)16-20(18-33)25(26)37)15-24(36)32(38)23-17-27(3,19-35(8)41(34,39)40)11-12-28(23,4)13-14-31(30,32)7/h15-16,21,23,38H,9-14,17,19H2,1-8H3,(H2,34,39,40)/t21-,23+,27-,28+,29-,30+,31-,32+/m0/s1. The normalized spacial score (nSPS) is 47.3. The lowest BCUT2D eigenvalue weighted by atomic mass is 9.33. The van der Waals surface area contributed by atoms with Crippen molar-refractivity contribution in [2.45, 2.75) is 99.0 Å². The predicted molar refractivity (Wildman–Crippen MR) is 156 cm³/mol. The topological polar surface area (TPSA) is 142 Å². The summed E-state index contributed by atoms with van der Waals surface area (Å²) in [5, 5.41) is 28.3. The molecule has 226 valence electrons. The maximum absolute atomic E-state index is 14.5. The highest BCUT2D eigenvalue weighted by molar-refractivity contribution is 7.86. The van der Waals surface area contributed by atoms with Crippen molar-refractivity contribution in [3.63, 3.8) is 0 Å². The first kappa shape index (κ1) is 30.6. The average Bonchev–Trinajstić information content (AvgIpc) is 2.86. The van der Waals surface area contributed by atoms with E-state index in [-0.39, 0.29) is 40.9 Å². The number of aliphatic hydroxyl groups is 1. The summed E-state index contributed by atoms with van der Waals surface area (Å²) in [6.07, 6.45) is 8.59. The molecule has 0 aromatic carbocycles. The van der Waals surface area contributed by atoms with E-state index in [1.807, 2.05) is 26.8 Å². The van der Waals surface area contributed by atoms with Gasteiger partial charge in [0.25, 0.3) is 10.2 Å². The van der Waals surface area contributed by atoms with Crippen molar-refractivity contribution in [2.75, 3.05) is 13.6 Å². The van der Waals surface area contributed by atoms with Crippen LogP contribution in [-0.2, 0) is 19.8 Å². The molecule has 5 aliphatic carbocycles. The molecule has 0 radical (unpaired) electrons. The molecule has 3 N–H and O–H groups in total. The number of hydrogen-bond acceptors (Lipinski definition) is 6. The van der Waals surface area contributed by atoms with Crippen molar-refractivity contribution < 1.29 is 23.1 Å². The largest absolute Gasteiger partial charge is 0.381 e. The molecule has 5 rings (SSSR count). The molecule has 0 bridgehead atoms. The smallest absolute Gasteiger partial charge is 0.276 e. The van der Waals surface area contributed by atoms with Crippen LogP contribution >= 0.6 is 0 Å². The zero-order chi connectivity index (χ0) is 30.8. The minimum absolute atomic E-state index is 0.0675. The molecule has 3 fully saturated rings. The van der Waals surface area contributed by atoms with Gasteiger partial charge in [-0.15, -0.1) is 0 Å². The number of nitrogens with two attached hydrogens (primary N) is 1. The van der Waals surface area contributed by atoms with Gasteiger partial charge in [-0.2, -0.15) is 18.0 Å². The first-order valence-electron chi connectivity index (χ1n) is 15.0. The molecule has 0 saturated heterocycles. The van der Waals surface area contributed by atoms with E-state index in [4.69, 9.17) is 5.14 Å². The maximum Gasteiger partial charge on any atom is 0.276 e. The fourth-order valence-electron chi connectivity index (χ4n) is 10.6. The molecule has 41 heavy (non-hydrogen) atoms. The van der Waals surface area contributed by atoms with Gasteiger partial charge in [0.05, 0.1) is 5.57 Å². The number of carbonyl (C=O) groups is 2. The minimum Gasteiger partial charge on any atom is -0.381 e. The number of hydrogen-bond donors (Lipinski definition) is 2. The van der Waals surface area contributed by atoms with E-state index in [0.717, 1.165) is 37.7 Å². The van der Waals surface area contributed by atoms with Crippen molar-refractivity contribution in [3.8, 4) is 6.07 Å². The van der Waals surface area contributed by atoms with E-state index in [2.05, 4.69) is 33.8 Å². The number of allylic oxidation sites excluding steroid dienone is 3. The van der Waals surface area contributed by atoms with Crippen molar-refractivity contribution in [1.29, 1.82) is 5.26 Å². The van der Waals surface area contributed by atoms with Gasteiger partial charge in [0.15, 0.2) is 11.6 Å².